The number of carbonyl (C=O) groups is 4. The van der Waals surface area contributed by atoms with Crippen LogP contribution in [-0.4, -0.2) is 166 Å². The van der Waals surface area contributed by atoms with E-state index < -0.39 is 65.1 Å². The van der Waals surface area contributed by atoms with E-state index in [-0.39, 0.29) is 35.9 Å². The van der Waals surface area contributed by atoms with E-state index in [2.05, 4.69) is 34.1 Å². The lowest BCUT2D eigenvalue weighted by Gasteiger charge is -2.46. The van der Waals surface area contributed by atoms with Crippen LogP contribution in [0.25, 0.3) is 0 Å². The zero-order chi connectivity index (χ0) is 63.9. The number of allylic oxidation sites excluding steroid dienone is 2. The molecular weight excluding hydrogens is 1220 g/mol. The maximum absolute atomic E-state index is 13.6. The highest BCUT2D eigenvalue weighted by Gasteiger charge is 2.48. The number of rotatable bonds is 4. The first kappa shape index (κ1) is 65.7. The van der Waals surface area contributed by atoms with Crippen LogP contribution in [-0.2, 0) is 62.4 Å². The van der Waals surface area contributed by atoms with Gasteiger partial charge in [0.25, 0.3) is 0 Å². The van der Waals surface area contributed by atoms with Crippen molar-refractivity contribution in [1.29, 1.82) is 0 Å². The molecule has 10 atom stereocenters. The third-order valence-electron chi connectivity index (χ3n) is 20.8. The number of amides is 2. The second-order valence-corrected chi connectivity index (χ2v) is 32.1. The molecule has 16 nitrogen and oxygen atoms in total. The molecule has 90 heavy (non-hydrogen) atoms. The molecule has 0 saturated heterocycles. The highest BCUT2D eigenvalue weighted by molar-refractivity contribution is 7.93. The summed E-state index contributed by atoms with van der Waals surface area (Å²) in [6.07, 6.45) is 18.8. The van der Waals surface area contributed by atoms with Crippen LogP contribution in [0, 0.1) is 23.7 Å². The number of fused-ring (bicyclic) bond motifs is 8. The number of Topliss-reactive ketones (excluding diaryl/α,β-unsaturated/α-hetero) is 2. The Kier molecular flexibility index (Phi) is 19.8. The summed E-state index contributed by atoms with van der Waals surface area (Å²) in [4.78, 5) is 60.7. The molecule has 4 aromatic carbocycles. The van der Waals surface area contributed by atoms with Gasteiger partial charge in [-0.1, -0.05) is 59.6 Å². The Morgan fingerprint density at radius 3 is 1.34 bits per heavy atom. The monoisotopic (exact) mass is 1310 g/mol. The minimum absolute atomic E-state index is 0.105. The summed E-state index contributed by atoms with van der Waals surface area (Å²) in [5.41, 5.74) is 6.74. The fraction of sp³-hybridized carbons (Fsp3) is 0.543. The summed E-state index contributed by atoms with van der Waals surface area (Å²) in [7, 11) is 1.44. The number of sulfone groups is 2. The van der Waals surface area contributed by atoms with E-state index in [1.165, 1.54) is 32.1 Å². The summed E-state index contributed by atoms with van der Waals surface area (Å²) >= 11 is 12.8. The van der Waals surface area contributed by atoms with Gasteiger partial charge in [-0.3, -0.25) is 19.2 Å². The van der Waals surface area contributed by atoms with Crippen molar-refractivity contribution < 1.29 is 55.0 Å². The van der Waals surface area contributed by atoms with Gasteiger partial charge in [0.15, 0.2) is 31.2 Å². The lowest BCUT2D eigenvalue weighted by molar-refractivity contribution is -0.129. The molecule has 4 bridgehead atoms. The molecule has 484 valence electrons. The molecule has 0 radical (unpaired) electrons. The van der Waals surface area contributed by atoms with Gasteiger partial charge in [-0.25, -0.2) is 16.8 Å². The number of anilines is 2. The van der Waals surface area contributed by atoms with E-state index in [4.69, 9.17) is 42.1 Å². The fourth-order valence-electron chi connectivity index (χ4n) is 15.6. The molecule has 2 spiro atoms. The Labute approximate surface area is 541 Å². The number of ketones is 2. The number of hydrogen-bond acceptors (Lipinski definition) is 14. The molecule has 0 N–H and O–H groups in total. The topological polar surface area (TPSA) is 186 Å². The van der Waals surface area contributed by atoms with Crippen LogP contribution in [0.5, 0.6) is 11.5 Å². The lowest BCUT2D eigenvalue weighted by atomic mass is 9.68. The third kappa shape index (κ3) is 13.5. The van der Waals surface area contributed by atoms with E-state index in [1.54, 1.807) is 78.8 Å². The lowest BCUT2D eigenvalue weighted by Crippen LogP contribution is -2.49. The van der Waals surface area contributed by atoms with Gasteiger partial charge in [0.05, 0.1) is 36.8 Å². The number of aryl methyl sites for hydroxylation is 2. The Morgan fingerprint density at radius 1 is 0.567 bits per heavy atom. The van der Waals surface area contributed by atoms with Gasteiger partial charge >= 0.3 is 0 Å². The van der Waals surface area contributed by atoms with Gasteiger partial charge in [0.1, 0.15) is 33.5 Å². The molecule has 4 aliphatic carbocycles. The van der Waals surface area contributed by atoms with E-state index in [0.29, 0.717) is 85.4 Å². The van der Waals surface area contributed by atoms with Crippen molar-refractivity contribution in [3.05, 3.63) is 141 Å². The van der Waals surface area contributed by atoms with Crippen LogP contribution >= 0.6 is 23.2 Å². The largest absolute Gasteiger partial charge is 0.490 e. The predicted octanol–water partition coefficient (Wildman–Crippen LogP) is 10.5. The Hall–Kier alpha value is -5.76. The number of hydrogen-bond donors (Lipinski definition) is 0. The predicted molar refractivity (Wildman–Crippen MR) is 352 cm³/mol. The Balaban J connectivity index is 0.000000185. The van der Waals surface area contributed by atoms with Crippen molar-refractivity contribution in [1.82, 2.24) is 9.80 Å². The van der Waals surface area contributed by atoms with Crippen LogP contribution in [0.15, 0.2) is 97.1 Å². The summed E-state index contributed by atoms with van der Waals surface area (Å²) < 4.78 is 79.5. The van der Waals surface area contributed by atoms with Gasteiger partial charge in [0, 0.05) is 101 Å². The van der Waals surface area contributed by atoms with Crippen LogP contribution < -0.4 is 19.3 Å². The number of carbonyl (C=O) groups excluding carboxylic acids is 4. The van der Waals surface area contributed by atoms with E-state index >= 15 is 0 Å². The molecule has 4 aliphatic heterocycles. The molecular formula is C70H86Cl2N4O12S2. The van der Waals surface area contributed by atoms with Crippen molar-refractivity contribution >= 4 is 77.6 Å². The third-order valence-corrected chi connectivity index (χ3v) is 25.2. The van der Waals surface area contributed by atoms with Gasteiger partial charge in [0.2, 0.25) is 11.8 Å². The number of methoxy groups -OCH3 is 2. The van der Waals surface area contributed by atoms with Gasteiger partial charge in [-0.15, -0.1) is 0 Å². The SMILES string of the molecule is CO[C@H]1/C=C/CC[C@@H](C(=O)N(C)C)S(=O)(=O)CC(=O)c2ccc3c(c2)N(C[C@@H]2CC[C@H]21)C[C@@]1(CCCc2cc(Cl)ccc21)CO3.CO[C@H]1/C=C/CC[C@H](C(=O)N(C)C)S(=O)(=O)CC(=O)c2ccc3c(c2)N(C[C@@H]2CC[C@H]21)C[C@@]1(CCCc2cc(Cl)ccc21)CO3. The number of benzene rings is 4. The van der Waals surface area contributed by atoms with Crippen LogP contribution in [0.3, 0.4) is 0 Å². The first-order chi connectivity index (χ1) is 43.0. The molecule has 12 rings (SSSR count). The van der Waals surface area contributed by atoms with Gasteiger partial charge < -0.3 is 38.5 Å². The summed E-state index contributed by atoms with van der Waals surface area (Å²) in [5.74, 6) is -0.820. The maximum atomic E-state index is 13.6. The molecule has 2 fully saturated rings. The second-order valence-electron chi connectivity index (χ2n) is 26.9. The van der Waals surface area contributed by atoms with Crippen LogP contribution in [0.1, 0.15) is 120 Å². The van der Waals surface area contributed by atoms with E-state index in [0.717, 1.165) is 98.7 Å². The minimum atomic E-state index is -4.08. The molecule has 8 aliphatic rings. The molecule has 0 unspecified atom stereocenters. The Bertz CT molecular complexity index is 3450. The van der Waals surface area contributed by atoms with Crippen molar-refractivity contribution in [2.75, 3.05) is 103 Å². The molecule has 4 heterocycles. The van der Waals surface area contributed by atoms with Crippen molar-refractivity contribution in [2.45, 2.75) is 123 Å². The standard InChI is InChI=1S/2C35H43ClN2O6S/c2*1-37(2)34(40)33-9-5-4-8-31(43-3)27-13-10-25(27)19-38-21-35(16-6-7-23-17-26(36)12-14-28(23)35)22-44-32-15-11-24(18-29(32)38)30(39)20-45(33,41)42/h2*4,8,11-12,14-15,17-18,25,27,31,33H,5-7,9-10,13,16,19-22H2,1-3H3/b2*8-4+/t25-,27+,31-,33+,35-;25-,27+,31-,33-,35-/m00/s1. The first-order valence-corrected chi connectivity index (χ1v) is 36.1. The van der Waals surface area contributed by atoms with E-state index in [1.807, 2.05) is 36.4 Å². The normalized spacial score (nSPS) is 30.2. The quantitative estimate of drug-likeness (QED) is 0.176. The van der Waals surface area contributed by atoms with Crippen molar-refractivity contribution in [2.24, 2.45) is 23.7 Å². The number of ether oxygens (including phenoxy) is 4. The average Bonchev–Trinajstić information content (AvgIpc) is 1.46. The zero-order valence-electron chi connectivity index (χ0n) is 52.7. The highest BCUT2D eigenvalue weighted by Crippen LogP contribution is 2.50. The minimum Gasteiger partial charge on any atom is -0.490 e. The molecule has 4 aromatic rings. The van der Waals surface area contributed by atoms with Crippen LogP contribution in [0.2, 0.25) is 10.0 Å². The number of halogens is 2. The average molecular weight is 1310 g/mol. The Morgan fingerprint density at radius 2 is 0.978 bits per heavy atom. The molecule has 2 saturated carbocycles. The maximum Gasteiger partial charge on any atom is 0.240 e. The first-order valence-electron chi connectivity index (χ1n) is 31.9. The fourth-order valence-corrected chi connectivity index (χ4v) is 19.5. The van der Waals surface area contributed by atoms with Crippen molar-refractivity contribution in [3.8, 4) is 11.5 Å². The number of nitrogens with zero attached hydrogens (tertiary/aromatic N) is 4. The van der Waals surface area contributed by atoms with Crippen molar-refractivity contribution in [3.63, 3.8) is 0 Å². The highest BCUT2D eigenvalue weighted by atomic mass is 35.5. The van der Waals surface area contributed by atoms with Crippen LogP contribution in [0.4, 0.5) is 11.4 Å². The summed E-state index contributed by atoms with van der Waals surface area (Å²) in [6.45, 7) is 3.96. The smallest absolute Gasteiger partial charge is 0.240 e. The second kappa shape index (κ2) is 27.1. The molecule has 2 amide bonds. The van der Waals surface area contributed by atoms with E-state index in [9.17, 15) is 36.0 Å². The molecule has 20 heteroatoms. The molecule has 0 aromatic heterocycles. The zero-order valence-corrected chi connectivity index (χ0v) is 55.8. The van der Waals surface area contributed by atoms with Gasteiger partial charge in [-0.05, 0) is 196 Å². The van der Waals surface area contributed by atoms with Gasteiger partial charge in [-0.2, -0.15) is 0 Å². The summed E-state index contributed by atoms with van der Waals surface area (Å²) in [5, 5.41) is -1.13. The summed E-state index contributed by atoms with van der Waals surface area (Å²) in [6, 6.07) is 22.9.